The van der Waals surface area contributed by atoms with Gasteiger partial charge in [0.1, 0.15) is 0 Å². The van der Waals surface area contributed by atoms with Gasteiger partial charge in [0.15, 0.2) is 5.78 Å². The molecular formula is C14H15N3O4. The summed E-state index contributed by atoms with van der Waals surface area (Å²) in [4.78, 5) is 38.6. The van der Waals surface area contributed by atoms with Gasteiger partial charge in [0.25, 0.3) is 11.2 Å². The second kappa shape index (κ2) is 5.08. The Bertz CT molecular complexity index is 787. The van der Waals surface area contributed by atoms with Gasteiger partial charge in [-0.3, -0.25) is 24.3 Å². The molecule has 0 bridgehead atoms. The standard InChI is InChI=1S/C14H15N3O4/c1-14(2,3)12(18)7-16-8-15-11-5-4-9(17(20)21)6-10(11)13(16)19/h4-6,8H,7H2,1-3H3. The first-order valence-corrected chi connectivity index (χ1v) is 6.37. The number of rotatable bonds is 3. The summed E-state index contributed by atoms with van der Waals surface area (Å²) in [5.41, 5.74) is -0.843. The van der Waals surface area contributed by atoms with Crippen LogP contribution in [-0.4, -0.2) is 20.3 Å². The molecule has 110 valence electrons. The second-order valence-electron chi connectivity index (χ2n) is 5.81. The van der Waals surface area contributed by atoms with Crippen LogP contribution >= 0.6 is 0 Å². The Morgan fingerprint density at radius 2 is 2.05 bits per heavy atom. The highest BCUT2D eigenvalue weighted by Gasteiger charge is 2.22. The number of nitrogens with zero attached hydrogens (tertiary/aromatic N) is 3. The Morgan fingerprint density at radius 3 is 2.62 bits per heavy atom. The fourth-order valence-electron chi connectivity index (χ4n) is 1.77. The van der Waals surface area contributed by atoms with Crippen molar-refractivity contribution in [2.45, 2.75) is 27.3 Å². The van der Waals surface area contributed by atoms with Crippen molar-refractivity contribution in [2.75, 3.05) is 0 Å². The Labute approximate surface area is 120 Å². The van der Waals surface area contributed by atoms with Crippen LogP contribution in [0.2, 0.25) is 0 Å². The van der Waals surface area contributed by atoms with Crippen molar-refractivity contribution in [1.29, 1.82) is 0 Å². The van der Waals surface area contributed by atoms with Crippen LogP contribution in [0.5, 0.6) is 0 Å². The van der Waals surface area contributed by atoms with E-state index < -0.39 is 15.9 Å². The minimum atomic E-state index is -0.573. The van der Waals surface area contributed by atoms with Crippen LogP contribution < -0.4 is 5.56 Å². The molecular weight excluding hydrogens is 274 g/mol. The Kier molecular flexibility index (Phi) is 3.59. The normalized spacial score (nSPS) is 11.6. The van der Waals surface area contributed by atoms with Crippen molar-refractivity contribution in [1.82, 2.24) is 9.55 Å². The molecule has 0 N–H and O–H groups in total. The van der Waals surface area contributed by atoms with Crippen molar-refractivity contribution in [3.63, 3.8) is 0 Å². The second-order valence-corrected chi connectivity index (χ2v) is 5.81. The molecule has 21 heavy (non-hydrogen) atoms. The van der Waals surface area contributed by atoms with E-state index in [0.717, 1.165) is 0 Å². The summed E-state index contributed by atoms with van der Waals surface area (Å²) in [6.45, 7) is 5.19. The number of carbonyl (C=O) groups is 1. The first-order valence-electron chi connectivity index (χ1n) is 6.37. The molecule has 1 heterocycles. The molecule has 0 saturated carbocycles. The van der Waals surface area contributed by atoms with Gasteiger partial charge in [-0.2, -0.15) is 0 Å². The number of hydrogen-bond acceptors (Lipinski definition) is 5. The van der Waals surface area contributed by atoms with Crippen LogP contribution in [0.3, 0.4) is 0 Å². The summed E-state index contributed by atoms with van der Waals surface area (Å²) in [5, 5.41) is 10.9. The van der Waals surface area contributed by atoms with Gasteiger partial charge in [0, 0.05) is 17.5 Å². The molecule has 0 aliphatic heterocycles. The number of nitro groups is 1. The Morgan fingerprint density at radius 1 is 1.38 bits per heavy atom. The molecule has 1 aromatic carbocycles. The zero-order chi connectivity index (χ0) is 15.8. The molecule has 1 aromatic heterocycles. The van der Waals surface area contributed by atoms with Gasteiger partial charge in [-0.15, -0.1) is 0 Å². The number of fused-ring (bicyclic) bond motifs is 1. The van der Waals surface area contributed by atoms with E-state index in [1.54, 1.807) is 20.8 Å². The number of aromatic nitrogens is 2. The minimum absolute atomic E-state index is 0.103. The monoisotopic (exact) mass is 289 g/mol. The lowest BCUT2D eigenvalue weighted by Crippen LogP contribution is -2.30. The third kappa shape index (κ3) is 2.96. The van der Waals surface area contributed by atoms with Gasteiger partial charge in [0.05, 0.1) is 28.7 Å². The third-order valence-electron chi connectivity index (χ3n) is 3.17. The van der Waals surface area contributed by atoms with Crippen LogP contribution in [0, 0.1) is 15.5 Å². The van der Waals surface area contributed by atoms with Crippen LogP contribution in [0.1, 0.15) is 20.8 Å². The fraction of sp³-hybridized carbons (Fsp3) is 0.357. The highest BCUT2D eigenvalue weighted by Crippen LogP contribution is 2.17. The van der Waals surface area contributed by atoms with E-state index in [1.165, 1.54) is 29.1 Å². The first-order chi connectivity index (χ1) is 9.70. The molecule has 0 aliphatic rings. The lowest BCUT2D eigenvalue weighted by molar-refractivity contribution is -0.384. The van der Waals surface area contributed by atoms with E-state index in [-0.39, 0.29) is 23.4 Å². The number of Topliss-reactive ketones (excluding diaryl/α,β-unsaturated/α-hetero) is 1. The van der Waals surface area contributed by atoms with Crippen LogP contribution in [-0.2, 0) is 11.3 Å². The first kappa shape index (κ1) is 14.8. The summed E-state index contributed by atoms with van der Waals surface area (Å²) >= 11 is 0. The summed E-state index contributed by atoms with van der Waals surface area (Å²) in [6.07, 6.45) is 1.29. The highest BCUT2D eigenvalue weighted by molar-refractivity contribution is 5.84. The number of carbonyl (C=O) groups excluding carboxylic acids is 1. The highest BCUT2D eigenvalue weighted by atomic mass is 16.6. The molecule has 0 aliphatic carbocycles. The van der Waals surface area contributed by atoms with Crippen LogP contribution in [0.4, 0.5) is 5.69 Å². The molecule has 0 atom stereocenters. The van der Waals surface area contributed by atoms with E-state index in [9.17, 15) is 19.7 Å². The summed E-state index contributed by atoms with van der Waals surface area (Å²) < 4.78 is 1.18. The van der Waals surface area contributed by atoms with Gasteiger partial charge in [0.2, 0.25) is 0 Å². The number of hydrogen-bond donors (Lipinski definition) is 0. The van der Waals surface area contributed by atoms with Gasteiger partial charge >= 0.3 is 0 Å². The van der Waals surface area contributed by atoms with E-state index in [2.05, 4.69) is 4.98 Å². The van der Waals surface area contributed by atoms with Crippen LogP contribution in [0.15, 0.2) is 29.3 Å². The van der Waals surface area contributed by atoms with Gasteiger partial charge in [-0.25, -0.2) is 4.98 Å². The average Bonchev–Trinajstić information content (AvgIpc) is 2.40. The van der Waals surface area contributed by atoms with Crippen molar-refractivity contribution in [3.8, 4) is 0 Å². The number of ketones is 1. The molecule has 0 spiro atoms. The van der Waals surface area contributed by atoms with E-state index >= 15 is 0 Å². The van der Waals surface area contributed by atoms with E-state index in [1.807, 2.05) is 0 Å². The van der Waals surface area contributed by atoms with Gasteiger partial charge in [-0.1, -0.05) is 20.8 Å². The molecule has 0 radical (unpaired) electrons. The van der Waals surface area contributed by atoms with E-state index in [0.29, 0.717) is 5.52 Å². The van der Waals surface area contributed by atoms with Gasteiger partial charge < -0.3 is 0 Å². The largest absolute Gasteiger partial charge is 0.297 e. The Balaban J connectivity index is 2.53. The molecule has 0 amide bonds. The van der Waals surface area contributed by atoms with Gasteiger partial charge in [-0.05, 0) is 6.07 Å². The zero-order valence-electron chi connectivity index (χ0n) is 12.0. The third-order valence-corrected chi connectivity index (χ3v) is 3.17. The quantitative estimate of drug-likeness (QED) is 0.635. The van der Waals surface area contributed by atoms with Crippen LogP contribution in [0.25, 0.3) is 10.9 Å². The summed E-state index contributed by atoms with van der Waals surface area (Å²) in [6, 6.07) is 3.90. The lowest BCUT2D eigenvalue weighted by atomic mass is 9.91. The zero-order valence-corrected chi connectivity index (χ0v) is 12.0. The fourth-order valence-corrected chi connectivity index (χ4v) is 1.77. The van der Waals surface area contributed by atoms with Crippen molar-refractivity contribution >= 4 is 22.4 Å². The maximum absolute atomic E-state index is 12.3. The summed E-state index contributed by atoms with van der Waals surface area (Å²) in [7, 11) is 0. The SMILES string of the molecule is CC(C)(C)C(=O)Cn1cnc2ccc([N+](=O)[O-])cc2c1=O. The maximum Gasteiger partial charge on any atom is 0.270 e. The predicted octanol–water partition coefficient (Wildman–Crippen LogP) is 1.92. The number of non-ortho nitro benzene ring substituents is 1. The molecule has 7 heteroatoms. The lowest BCUT2D eigenvalue weighted by Gasteiger charge is -2.17. The topological polar surface area (TPSA) is 95.1 Å². The predicted molar refractivity (Wildman–Crippen MR) is 77.1 cm³/mol. The Hall–Kier alpha value is -2.57. The maximum atomic E-state index is 12.3. The average molecular weight is 289 g/mol. The minimum Gasteiger partial charge on any atom is -0.297 e. The number of benzene rings is 1. The van der Waals surface area contributed by atoms with Crippen molar-refractivity contribution in [2.24, 2.45) is 5.41 Å². The molecule has 2 rings (SSSR count). The number of nitro benzene ring substituents is 1. The van der Waals surface area contributed by atoms with Crippen molar-refractivity contribution in [3.05, 3.63) is 45.0 Å². The molecule has 2 aromatic rings. The van der Waals surface area contributed by atoms with Crippen molar-refractivity contribution < 1.29 is 9.72 Å². The summed E-state index contributed by atoms with van der Waals surface area (Å²) in [5.74, 6) is -0.115. The molecule has 0 unspecified atom stereocenters. The molecule has 0 fully saturated rings. The molecule has 0 saturated heterocycles. The molecule has 7 nitrogen and oxygen atoms in total. The van der Waals surface area contributed by atoms with E-state index in [4.69, 9.17) is 0 Å². The smallest absolute Gasteiger partial charge is 0.270 e.